The molecule has 0 heterocycles. The Kier molecular flexibility index (Phi) is 5.76. The van der Waals surface area contributed by atoms with Crippen molar-refractivity contribution < 1.29 is 19.4 Å². The second kappa shape index (κ2) is 7.99. The molecule has 26 heavy (non-hydrogen) atoms. The highest BCUT2D eigenvalue weighted by Crippen LogP contribution is 2.22. The molecule has 0 fully saturated rings. The number of carboxylic acids is 1. The van der Waals surface area contributed by atoms with Crippen LogP contribution in [0.1, 0.15) is 27.0 Å². The molecule has 6 heteroatoms. The van der Waals surface area contributed by atoms with E-state index < -0.39 is 11.9 Å². The summed E-state index contributed by atoms with van der Waals surface area (Å²) in [5.41, 5.74) is 2.79. The number of nitrogens with one attached hydrogen (secondary N) is 1. The van der Waals surface area contributed by atoms with Crippen molar-refractivity contribution in [1.82, 2.24) is 0 Å². The van der Waals surface area contributed by atoms with Gasteiger partial charge in [0, 0.05) is 5.69 Å². The number of carbonyl (C=O) groups is 2. The number of benzene rings is 2. The molecule has 0 aliphatic heterocycles. The first-order valence-electron chi connectivity index (χ1n) is 7.77. The second-order valence-electron chi connectivity index (χ2n) is 5.71. The molecule has 2 rings (SSSR count). The van der Waals surface area contributed by atoms with Gasteiger partial charge in [-0.2, -0.15) is 5.26 Å². The lowest BCUT2D eigenvalue weighted by molar-refractivity contribution is -0.112. The summed E-state index contributed by atoms with van der Waals surface area (Å²) in [6.45, 7) is 3.81. The van der Waals surface area contributed by atoms with E-state index in [2.05, 4.69) is 5.32 Å². The molecule has 0 radical (unpaired) electrons. The Balaban J connectivity index is 2.32. The van der Waals surface area contributed by atoms with Crippen LogP contribution in [0.15, 0.2) is 42.0 Å². The molecule has 1 amide bonds. The van der Waals surface area contributed by atoms with Gasteiger partial charge in [0.25, 0.3) is 5.91 Å². The summed E-state index contributed by atoms with van der Waals surface area (Å²) in [6, 6.07) is 11.8. The Morgan fingerprint density at radius 1 is 1.19 bits per heavy atom. The van der Waals surface area contributed by atoms with E-state index in [0.717, 1.165) is 11.1 Å². The Morgan fingerprint density at radius 3 is 2.50 bits per heavy atom. The number of nitriles is 1. The van der Waals surface area contributed by atoms with Gasteiger partial charge >= 0.3 is 5.97 Å². The summed E-state index contributed by atoms with van der Waals surface area (Å²) in [7, 11) is 1.37. The van der Waals surface area contributed by atoms with E-state index in [4.69, 9.17) is 4.74 Å². The Hall–Kier alpha value is -3.59. The van der Waals surface area contributed by atoms with Gasteiger partial charge in [-0.3, -0.25) is 4.79 Å². The molecule has 0 aliphatic carbocycles. The smallest absolute Gasteiger partial charge is 0.339 e. The third-order valence-corrected chi connectivity index (χ3v) is 3.76. The molecule has 2 aromatic rings. The molecular formula is C20H18N2O4. The molecular weight excluding hydrogens is 332 g/mol. The number of hydrogen-bond acceptors (Lipinski definition) is 4. The van der Waals surface area contributed by atoms with Crippen molar-refractivity contribution in [2.45, 2.75) is 13.8 Å². The molecule has 0 unspecified atom stereocenters. The van der Waals surface area contributed by atoms with E-state index >= 15 is 0 Å². The highest BCUT2D eigenvalue weighted by molar-refractivity contribution is 6.10. The number of carbonyl (C=O) groups excluding carboxylic acids is 1. The molecule has 0 saturated heterocycles. The molecule has 0 bridgehead atoms. The molecule has 0 saturated carbocycles. The summed E-state index contributed by atoms with van der Waals surface area (Å²) in [5.74, 6) is -1.52. The summed E-state index contributed by atoms with van der Waals surface area (Å²) >= 11 is 0. The molecule has 2 N–H and O–H groups in total. The van der Waals surface area contributed by atoms with Crippen LogP contribution in [0.25, 0.3) is 6.08 Å². The van der Waals surface area contributed by atoms with Gasteiger partial charge in [0.2, 0.25) is 0 Å². The van der Waals surface area contributed by atoms with Crippen LogP contribution in [0, 0.1) is 25.2 Å². The zero-order valence-corrected chi connectivity index (χ0v) is 14.7. The fourth-order valence-corrected chi connectivity index (χ4v) is 2.44. The van der Waals surface area contributed by atoms with Gasteiger partial charge in [-0.25, -0.2) is 4.79 Å². The van der Waals surface area contributed by atoms with E-state index in [1.54, 1.807) is 12.1 Å². The summed E-state index contributed by atoms with van der Waals surface area (Å²) in [5, 5.41) is 21.2. The highest BCUT2D eigenvalue weighted by Gasteiger charge is 2.14. The lowest BCUT2D eigenvalue weighted by Gasteiger charge is -2.09. The summed E-state index contributed by atoms with van der Waals surface area (Å²) < 4.78 is 5.00. The third-order valence-electron chi connectivity index (χ3n) is 3.76. The topological polar surface area (TPSA) is 99.4 Å². The fourth-order valence-electron chi connectivity index (χ4n) is 2.44. The van der Waals surface area contributed by atoms with Gasteiger partial charge < -0.3 is 15.2 Å². The van der Waals surface area contributed by atoms with Gasteiger partial charge in [-0.15, -0.1) is 0 Å². The highest BCUT2D eigenvalue weighted by atomic mass is 16.5. The number of anilines is 1. The first kappa shape index (κ1) is 18.7. The number of aryl methyl sites for hydroxylation is 2. The van der Waals surface area contributed by atoms with Crippen LogP contribution in [0.2, 0.25) is 0 Å². The number of methoxy groups -OCH3 is 1. The maximum Gasteiger partial charge on any atom is 0.339 e. The lowest BCUT2D eigenvalue weighted by atomic mass is 10.1. The summed E-state index contributed by atoms with van der Waals surface area (Å²) in [4.78, 5) is 23.7. The van der Waals surface area contributed by atoms with Crippen LogP contribution in [0.5, 0.6) is 5.75 Å². The number of amides is 1. The van der Waals surface area contributed by atoms with Crippen LogP contribution in [-0.4, -0.2) is 24.1 Å². The Morgan fingerprint density at radius 2 is 1.92 bits per heavy atom. The quantitative estimate of drug-likeness (QED) is 0.634. The lowest BCUT2D eigenvalue weighted by Crippen LogP contribution is -2.14. The Labute approximate surface area is 151 Å². The summed E-state index contributed by atoms with van der Waals surface area (Å²) in [6.07, 6.45) is 1.34. The van der Waals surface area contributed by atoms with Crippen molar-refractivity contribution in [2.75, 3.05) is 12.4 Å². The Bertz CT molecular complexity index is 939. The zero-order chi connectivity index (χ0) is 19.3. The van der Waals surface area contributed by atoms with Gasteiger partial charge in [0.1, 0.15) is 23.0 Å². The van der Waals surface area contributed by atoms with Crippen LogP contribution in [-0.2, 0) is 4.79 Å². The SMILES string of the molecule is COc1ccc(/C=C(/C#N)C(=O)Nc2ccc(C)cc2C)cc1C(=O)O. The third kappa shape index (κ3) is 4.28. The van der Waals surface area contributed by atoms with Crippen molar-refractivity contribution in [3.05, 3.63) is 64.2 Å². The van der Waals surface area contributed by atoms with E-state index in [1.807, 2.05) is 32.0 Å². The standard InChI is InChI=1S/C20H18N2O4/c1-12-4-6-17(13(2)8-12)22-19(23)15(11-21)9-14-5-7-18(26-3)16(10-14)20(24)25/h4-10H,1-3H3,(H,22,23)(H,24,25)/b15-9-. The minimum atomic E-state index is -1.16. The molecule has 0 aromatic heterocycles. The van der Waals surface area contributed by atoms with Gasteiger partial charge in [-0.1, -0.05) is 23.8 Å². The average molecular weight is 350 g/mol. The number of ether oxygens (including phenoxy) is 1. The van der Waals surface area contributed by atoms with Gasteiger partial charge in [0.05, 0.1) is 7.11 Å². The van der Waals surface area contributed by atoms with Crippen molar-refractivity contribution in [3.63, 3.8) is 0 Å². The normalized spacial score (nSPS) is 10.8. The maximum atomic E-state index is 12.4. The van der Waals surface area contributed by atoms with Crippen molar-refractivity contribution in [2.24, 2.45) is 0 Å². The number of carboxylic acid groups (broad SMARTS) is 1. The first-order chi connectivity index (χ1) is 12.3. The van der Waals surface area contributed by atoms with Gasteiger partial charge in [-0.05, 0) is 49.2 Å². The molecule has 0 spiro atoms. The predicted molar refractivity (Wildman–Crippen MR) is 98.1 cm³/mol. The number of aromatic carboxylic acids is 1. The van der Waals surface area contributed by atoms with Crippen molar-refractivity contribution in [3.8, 4) is 11.8 Å². The van der Waals surface area contributed by atoms with E-state index in [9.17, 15) is 20.0 Å². The average Bonchev–Trinajstić information content (AvgIpc) is 2.61. The van der Waals surface area contributed by atoms with Crippen LogP contribution < -0.4 is 10.1 Å². The number of rotatable bonds is 5. The minimum Gasteiger partial charge on any atom is -0.496 e. The van der Waals surface area contributed by atoms with E-state index in [-0.39, 0.29) is 16.9 Å². The number of nitrogens with zero attached hydrogens (tertiary/aromatic N) is 1. The molecule has 0 atom stereocenters. The zero-order valence-electron chi connectivity index (χ0n) is 14.7. The largest absolute Gasteiger partial charge is 0.496 e. The fraction of sp³-hybridized carbons (Fsp3) is 0.150. The van der Waals surface area contributed by atoms with E-state index in [0.29, 0.717) is 11.3 Å². The monoisotopic (exact) mass is 350 g/mol. The van der Waals surface area contributed by atoms with Crippen LogP contribution in [0.3, 0.4) is 0 Å². The van der Waals surface area contributed by atoms with Crippen LogP contribution >= 0.6 is 0 Å². The van der Waals surface area contributed by atoms with Crippen molar-refractivity contribution >= 4 is 23.6 Å². The molecule has 2 aromatic carbocycles. The first-order valence-corrected chi connectivity index (χ1v) is 7.77. The second-order valence-corrected chi connectivity index (χ2v) is 5.71. The number of hydrogen-bond donors (Lipinski definition) is 2. The predicted octanol–water partition coefficient (Wildman–Crippen LogP) is 3.56. The minimum absolute atomic E-state index is 0.0478. The molecule has 0 aliphatic rings. The van der Waals surface area contributed by atoms with Crippen molar-refractivity contribution in [1.29, 1.82) is 5.26 Å². The molecule has 132 valence electrons. The van der Waals surface area contributed by atoms with Gasteiger partial charge in [0.15, 0.2) is 0 Å². The maximum absolute atomic E-state index is 12.4. The molecule has 6 nitrogen and oxygen atoms in total. The van der Waals surface area contributed by atoms with Crippen LogP contribution in [0.4, 0.5) is 5.69 Å². The van der Waals surface area contributed by atoms with E-state index in [1.165, 1.54) is 25.3 Å².